The van der Waals surface area contributed by atoms with Gasteiger partial charge in [-0.2, -0.15) is 4.98 Å². The molecule has 1 aliphatic rings. The molecule has 2 aromatic carbocycles. The molecule has 4 rings (SSSR count). The molecule has 1 fully saturated rings. The summed E-state index contributed by atoms with van der Waals surface area (Å²) in [5, 5.41) is 8.35. The Kier molecular flexibility index (Phi) is 7.04. The predicted molar refractivity (Wildman–Crippen MR) is 134 cm³/mol. The summed E-state index contributed by atoms with van der Waals surface area (Å²) in [4.78, 5) is 11.6. The second-order valence-electron chi connectivity index (χ2n) is 8.41. The van der Waals surface area contributed by atoms with E-state index in [9.17, 15) is 0 Å². The van der Waals surface area contributed by atoms with Crippen LogP contribution in [0.3, 0.4) is 0 Å². The van der Waals surface area contributed by atoms with Crippen molar-refractivity contribution in [1.82, 2.24) is 15.3 Å². The highest BCUT2D eigenvalue weighted by Gasteiger charge is 2.22. The number of nitrogens with one attached hydrogen (secondary N) is 2. The number of hydrogen-bond acceptors (Lipinski definition) is 5. The van der Waals surface area contributed by atoms with Gasteiger partial charge in [-0.1, -0.05) is 24.3 Å². The van der Waals surface area contributed by atoms with Gasteiger partial charge >= 0.3 is 0 Å². The molecule has 0 bridgehead atoms. The standard InChI is InChI=1S/C24H30IN5/c1-30(2)23-21-8-3-4-9-22(21)28-24(29-23)27-20-12-10-17(11-13-20)15-26-16-18-6-5-7-19(25)14-18/h3-9,14,17,20,26H,10-13,15-16H2,1-2H3,(H,27,28,29). The second-order valence-corrected chi connectivity index (χ2v) is 9.65. The lowest BCUT2D eigenvalue weighted by Gasteiger charge is -2.29. The zero-order chi connectivity index (χ0) is 20.9. The van der Waals surface area contributed by atoms with Gasteiger partial charge < -0.3 is 15.5 Å². The van der Waals surface area contributed by atoms with Crippen LogP contribution in [0, 0.1) is 9.49 Å². The van der Waals surface area contributed by atoms with Crippen LogP contribution < -0.4 is 15.5 Å². The molecule has 0 radical (unpaired) electrons. The van der Waals surface area contributed by atoms with Crippen molar-refractivity contribution in [3.63, 3.8) is 0 Å². The fourth-order valence-electron chi connectivity index (χ4n) is 4.23. The summed E-state index contributed by atoms with van der Waals surface area (Å²) in [5.74, 6) is 2.47. The highest BCUT2D eigenvalue weighted by Crippen LogP contribution is 2.28. The third-order valence-electron chi connectivity index (χ3n) is 5.84. The maximum atomic E-state index is 4.79. The van der Waals surface area contributed by atoms with Gasteiger partial charge in [0.25, 0.3) is 0 Å². The van der Waals surface area contributed by atoms with Crippen LogP contribution >= 0.6 is 22.6 Å². The van der Waals surface area contributed by atoms with Gasteiger partial charge in [-0.25, -0.2) is 4.98 Å². The van der Waals surface area contributed by atoms with E-state index in [1.807, 2.05) is 26.2 Å². The van der Waals surface area contributed by atoms with Gasteiger partial charge in [-0.3, -0.25) is 0 Å². The maximum Gasteiger partial charge on any atom is 0.225 e. The average molecular weight is 515 g/mol. The van der Waals surface area contributed by atoms with E-state index >= 15 is 0 Å². The molecule has 1 saturated carbocycles. The van der Waals surface area contributed by atoms with Crippen LogP contribution in [0.5, 0.6) is 0 Å². The number of anilines is 2. The van der Waals surface area contributed by atoms with Crippen LogP contribution in [0.25, 0.3) is 10.9 Å². The van der Waals surface area contributed by atoms with Gasteiger partial charge in [0, 0.05) is 35.6 Å². The number of fused-ring (bicyclic) bond motifs is 1. The Balaban J connectivity index is 1.29. The summed E-state index contributed by atoms with van der Waals surface area (Å²) in [7, 11) is 4.07. The largest absolute Gasteiger partial charge is 0.362 e. The number of halogens is 1. The van der Waals surface area contributed by atoms with Crippen LogP contribution in [0.4, 0.5) is 11.8 Å². The van der Waals surface area contributed by atoms with E-state index in [-0.39, 0.29) is 0 Å². The summed E-state index contributed by atoms with van der Waals surface area (Å²) in [5.41, 5.74) is 2.36. The molecule has 0 unspecified atom stereocenters. The Bertz CT molecular complexity index is 982. The van der Waals surface area contributed by atoms with Crippen LogP contribution in [-0.4, -0.2) is 36.6 Å². The van der Waals surface area contributed by atoms with E-state index < -0.39 is 0 Å². The molecule has 158 valence electrons. The van der Waals surface area contributed by atoms with Crippen molar-refractivity contribution in [3.05, 3.63) is 57.7 Å². The van der Waals surface area contributed by atoms with E-state index in [1.54, 1.807) is 0 Å². The third-order valence-corrected chi connectivity index (χ3v) is 6.51. The van der Waals surface area contributed by atoms with E-state index in [0.717, 1.165) is 41.7 Å². The fraction of sp³-hybridized carbons (Fsp3) is 0.417. The van der Waals surface area contributed by atoms with Crippen molar-refractivity contribution in [2.45, 2.75) is 38.3 Å². The lowest BCUT2D eigenvalue weighted by molar-refractivity contribution is 0.324. The van der Waals surface area contributed by atoms with Gasteiger partial charge in [-0.15, -0.1) is 0 Å². The molecule has 1 heterocycles. The lowest BCUT2D eigenvalue weighted by atomic mass is 9.86. The lowest BCUT2D eigenvalue weighted by Crippen LogP contribution is -2.31. The molecule has 0 amide bonds. The minimum atomic E-state index is 0.452. The molecular formula is C24H30IN5. The van der Waals surface area contributed by atoms with Crippen molar-refractivity contribution >= 4 is 45.3 Å². The molecule has 3 aromatic rings. The summed E-state index contributed by atoms with van der Waals surface area (Å²) < 4.78 is 1.30. The first-order valence-corrected chi connectivity index (χ1v) is 11.8. The molecule has 0 atom stereocenters. The summed E-state index contributed by atoms with van der Waals surface area (Å²) in [6, 6.07) is 17.4. The number of hydrogen-bond donors (Lipinski definition) is 2. The number of para-hydroxylation sites is 1. The average Bonchev–Trinajstić information content (AvgIpc) is 2.74. The smallest absolute Gasteiger partial charge is 0.225 e. The van der Waals surface area contributed by atoms with E-state index in [4.69, 9.17) is 9.97 Å². The summed E-state index contributed by atoms with van der Waals surface area (Å²) >= 11 is 2.37. The first kappa shape index (κ1) is 21.3. The van der Waals surface area contributed by atoms with Crippen molar-refractivity contribution in [2.75, 3.05) is 30.9 Å². The molecule has 1 aliphatic carbocycles. The molecule has 2 N–H and O–H groups in total. The highest BCUT2D eigenvalue weighted by atomic mass is 127. The Hall–Kier alpha value is -1.93. The second kappa shape index (κ2) is 9.92. The maximum absolute atomic E-state index is 4.79. The first-order chi connectivity index (χ1) is 14.6. The number of rotatable bonds is 7. The predicted octanol–water partition coefficient (Wildman–Crippen LogP) is 5.06. The molecule has 0 saturated heterocycles. The molecule has 0 spiro atoms. The van der Waals surface area contributed by atoms with Gasteiger partial charge in [-0.05, 0) is 90.6 Å². The van der Waals surface area contributed by atoms with Crippen molar-refractivity contribution in [3.8, 4) is 0 Å². The van der Waals surface area contributed by atoms with E-state index in [2.05, 4.69) is 74.5 Å². The van der Waals surface area contributed by atoms with Gasteiger partial charge in [0.2, 0.25) is 5.95 Å². The monoisotopic (exact) mass is 515 g/mol. The molecule has 6 heteroatoms. The minimum absolute atomic E-state index is 0.452. The highest BCUT2D eigenvalue weighted by molar-refractivity contribution is 14.1. The van der Waals surface area contributed by atoms with Crippen molar-refractivity contribution < 1.29 is 0 Å². The van der Waals surface area contributed by atoms with Crippen LogP contribution in [0.1, 0.15) is 31.2 Å². The molecule has 5 nitrogen and oxygen atoms in total. The van der Waals surface area contributed by atoms with Gasteiger partial charge in [0.15, 0.2) is 0 Å². The van der Waals surface area contributed by atoms with E-state index in [1.165, 1.54) is 34.8 Å². The van der Waals surface area contributed by atoms with Crippen LogP contribution in [0.2, 0.25) is 0 Å². The fourth-order valence-corrected chi connectivity index (χ4v) is 4.83. The number of benzene rings is 2. The minimum Gasteiger partial charge on any atom is -0.362 e. The zero-order valence-corrected chi connectivity index (χ0v) is 19.9. The Morgan fingerprint density at radius 3 is 2.57 bits per heavy atom. The van der Waals surface area contributed by atoms with E-state index in [0.29, 0.717) is 6.04 Å². The van der Waals surface area contributed by atoms with Crippen molar-refractivity contribution in [2.24, 2.45) is 5.92 Å². The molecule has 0 aliphatic heterocycles. The summed E-state index contributed by atoms with van der Waals surface area (Å²) in [6.07, 6.45) is 4.82. The molecular weight excluding hydrogens is 485 g/mol. The van der Waals surface area contributed by atoms with Crippen LogP contribution in [-0.2, 0) is 6.54 Å². The third kappa shape index (κ3) is 5.40. The number of aromatic nitrogens is 2. The van der Waals surface area contributed by atoms with Crippen LogP contribution in [0.15, 0.2) is 48.5 Å². The first-order valence-electron chi connectivity index (χ1n) is 10.7. The molecule has 30 heavy (non-hydrogen) atoms. The summed E-state index contributed by atoms with van der Waals surface area (Å²) in [6.45, 7) is 2.04. The number of nitrogens with zero attached hydrogens (tertiary/aromatic N) is 3. The van der Waals surface area contributed by atoms with Gasteiger partial charge in [0.05, 0.1) is 5.52 Å². The Morgan fingerprint density at radius 2 is 1.80 bits per heavy atom. The quantitative estimate of drug-likeness (QED) is 0.431. The Morgan fingerprint density at radius 1 is 1.00 bits per heavy atom. The zero-order valence-electron chi connectivity index (χ0n) is 17.7. The normalized spacial score (nSPS) is 19.0. The van der Waals surface area contributed by atoms with Gasteiger partial charge in [0.1, 0.15) is 5.82 Å². The van der Waals surface area contributed by atoms with Crippen molar-refractivity contribution in [1.29, 1.82) is 0 Å². The molecule has 1 aromatic heterocycles. The Labute approximate surface area is 192 Å². The topological polar surface area (TPSA) is 53.1 Å². The SMILES string of the molecule is CN(C)c1nc(NC2CCC(CNCc3cccc(I)c3)CC2)nc2ccccc12.